The largest absolute Gasteiger partial charge is 0.508 e. The predicted molar refractivity (Wildman–Crippen MR) is 108 cm³/mol. The zero-order valence-corrected chi connectivity index (χ0v) is 16.8. The first kappa shape index (κ1) is 25.5. The lowest BCUT2D eigenvalue weighted by Crippen LogP contribution is -2.58. The molecule has 0 aliphatic heterocycles. The summed E-state index contributed by atoms with van der Waals surface area (Å²) in [6.07, 6.45) is 0.920. The minimum Gasteiger partial charge on any atom is -0.508 e. The Kier molecular flexibility index (Phi) is 10.1. The van der Waals surface area contributed by atoms with E-state index in [-0.39, 0.29) is 12.2 Å². The molecule has 1 radical (unpaired) electrons. The van der Waals surface area contributed by atoms with Crippen molar-refractivity contribution in [2.75, 3.05) is 6.61 Å². The van der Waals surface area contributed by atoms with Crippen LogP contribution in [0.25, 0.3) is 0 Å². The molecule has 169 valence electrons. The third-order valence-electron chi connectivity index (χ3n) is 4.10. The van der Waals surface area contributed by atoms with E-state index in [0.29, 0.717) is 5.56 Å². The van der Waals surface area contributed by atoms with Gasteiger partial charge in [0.25, 0.3) is 0 Å². The number of primary amides is 1. The summed E-state index contributed by atoms with van der Waals surface area (Å²) in [7, 11) is 0. The second-order valence-electron chi connectivity index (χ2n) is 6.81. The molecular formula is C19H26N5O7. The number of aromatic hydroxyl groups is 1. The van der Waals surface area contributed by atoms with Crippen molar-refractivity contribution in [3.63, 3.8) is 0 Å². The molecule has 0 saturated carbocycles. The molecule has 1 aromatic rings. The summed E-state index contributed by atoms with van der Waals surface area (Å²) in [6, 6.07) is 0.869. The van der Waals surface area contributed by atoms with Crippen molar-refractivity contribution in [2.24, 2.45) is 11.5 Å². The van der Waals surface area contributed by atoms with Crippen molar-refractivity contribution < 1.29 is 34.2 Å². The van der Waals surface area contributed by atoms with Gasteiger partial charge < -0.3 is 37.6 Å². The summed E-state index contributed by atoms with van der Waals surface area (Å²) >= 11 is 0. The molecule has 0 unspecified atom stereocenters. The van der Waals surface area contributed by atoms with Gasteiger partial charge in [0, 0.05) is 6.42 Å². The van der Waals surface area contributed by atoms with Gasteiger partial charge in [-0.3, -0.25) is 24.0 Å². The van der Waals surface area contributed by atoms with Crippen LogP contribution >= 0.6 is 0 Å². The number of nitrogens with one attached hydrogen (secondary N) is 3. The number of carbonyl (C=O) groups excluding carboxylic acids is 5. The van der Waals surface area contributed by atoms with Gasteiger partial charge in [0.15, 0.2) is 0 Å². The van der Waals surface area contributed by atoms with Crippen LogP contribution < -0.4 is 27.4 Å². The lowest BCUT2D eigenvalue weighted by atomic mass is 10.0. The molecule has 0 aromatic heterocycles. The minimum atomic E-state index is -1.38. The highest BCUT2D eigenvalue weighted by molar-refractivity contribution is 5.94. The predicted octanol–water partition coefficient (Wildman–Crippen LogP) is -3.29. The molecule has 9 N–H and O–H groups in total. The number of hydrogen-bond donors (Lipinski definition) is 7. The first-order chi connectivity index (χ1) is 14.6. The molecule has 0 spiro atoms. The Morgan fingerprint density at radius 2 is 1.55 bits per heavy atom. The van der Waals surface area contributed by atoms with Crippen molar-refractivity contribution in [1.29, 1.82) is 0 Å². The maximum Gasteiger partial charge on any atom is 0.245 e. The van der Waals surface area contributed by atoms with Crippen molar-refractivity contribution in [1.82, 2.24) is 16.0 Å². The highest BCUT2D eigenvalue weighted by Gasteiger charge is 2.28. The van der Waals surface area contributed by atoms with Crippen molar-refractivity contribution >= 4 is 29.9 Å². The summed E-state index contributed by atoms with van der Waals surface area (Å²) in [6.45, 7) is 0.627. The standard InChI is InChI=1S/C19H26N5O7/c1-10(20)17(29)24-15(9-26)19(31)23-14(6-11-2-4-13(27)5-3-11)18(30)22-12(8-25)7-16(21)28/h2-5,10,12,14-15,26-27H,6-7,9,20H2,1H3,(H2,21,28)(H,22,30)(H,23,31)(H,24,29)/t10-,12-,14-,15-/m1/s1. The van der Waals surface area contributed by atoms with Crippen LogP contribution in [-0.4, -0.2) is 70.9 Å². The van der Waals surface area contributed by atoms with Crippen LogP contribution in [-0.2, 0) is 30.4 Å². The number of amides is 4. The molecule has 0 aliphatic carbocycles. The minimum absolute atomic E-state index is 0.00942. The van der Waals surface area contributed by atoms with E-state index in [1.165, 1.54) is 37.5 Å². The summed E-state index contributed by atoms with van der Waals surface area (Å²) in [4.78, 5) is 59.0. The fourth-order valence-electron chi connectivity index (χ4n) is 2.44. The Morgan fingerprint density at radius 1 is 1.00 bits per heavy atom. The van der Waals surface area contributed by atoms with Gasteiger partial charge in [0.05, 0.1) is 19.1 Å². The van der Waals surface area contributed by atoms with Crippen LogP contribution in [0.2, 0.25) is 0 Å². The maximum absolute atomic E-state index is 12.7. The molecular weight excluding hydrogens is 410 g/mol. The fourth-order valence-corrected chi connectivity index (χ4v) is 2.44. The van der Waals surface area contributed by atoms with Gasteiger partial charge in [0.1, 0.15) is 23.9 Å². The lowest BCUT2D eigenvalue weighted by Gasteiger charge is -2.23. The van der Waals surface area contributed by atoms with E-state index in [1.807, 2.05) is 0 Å². The zero-order valence-electron chi connectivity index (χ0n) is 16.8. The second kappa shape index (κ2) is 12.2. The molecule has 4 atom stereocenters. The van der Waals surface area contributed by atoms with Crippen molar-refractivity contribution in [3.05, 3.63) is 29.8 Å². The van der Waals surface area contributed by atoms with Gasteiger partial charge in [0.2, 0.25) is 29.9 Å². The smallest absolute Gasteiger partial charge is 0.245 e. The molecule has 0 saturated heterocycles. The van der Waals surface area contributed by atoms with Gasteiger partial charge in [-0.2, -0.15) is 0 Å². The number of phenolic OH excluding ortho intramolecular Hbond substituents is 1. The first-order valence-corrected chi connectivity index (χ1v) is 9.28. The first-order valence-electron chi connectivity index (χ1n) is 9.28. The Bertz CT molecular complexity index is 797. The van der Waals surface area contributed by atoms with Crippen LogP contribution in [0.5, 0.6) is 5.75 Å². The van der Waals surface area contributed by atoms with Crippen LogP contribution in [0.15, 0.2) is 24.3 Å². The number of phenols is 1. The maximum atomic E-state index is 12.7. The average molecular weight is 436 g/mol. The summed E-state index contributed by atoms with van der Waals surface area (Å²) < 4.78 is 0. The highest BCUT2D eigenvalue weighted by Crippen LogP contribution is 2.12. The molecule has 12 heteroatoms. The van der Waals surface area contributed by atoms with E-state index in [2.05, 4.69) is 16.0 Å². The number of aliphatic hydroxyl groups is 1. The van der Waals surface area contributed by atoms with E-state index in [4.69, 9.17) is 11.5 Å². The van der Waals surface area contributed by atoms with Crippen LogP contribution in [0, 0.1) is 0 Å². The quantitative estimate of drug-likeness (QED) is 0.176. The summed E-state index contributed by atoms with van der Waals surface area (Å²) in [5.41, 5.74) is 11.0. The van der Waals surface area contributed by atoms with Gasteiger partial charge in [-0.1, -0.05) is 12.1 Å². The number of nitrogens with two attached hydrogens (primary N) is 2. The molecule has 1 rings (SSSR count). The third-order valence-corrected chi connectivity index (χ3v) is 4.10. The molecule has 31 heavy (non-hydrogen) atoms. The second-order valence-corrected chi connectivity index (χ2v) is 6.81. The molecule has 0 fully saturated rings. The number of hydrogen-bond acceptors (Lipinski definition) is 8. The van der Waals surface area contributed by atoms with E-state index in [9.17, 15) is 34.2 Å². The zero-order chi connectivity index (χ0) is 23.6. The summed E-state index contributed by atoms with van der Waals surface area (Å²) in [5, 5.41) is 25.7. The monoisotopic (exact) mass is 436 g/mol. The SMILES string of the molecule is C[C@@H](N)C(=O)N[C@H](CO)C(=O)N[C@H](Cc1ccc(O)cc1)C(=O)N[C@@H]([C]=O)CC(N)=O. The normalized spacial score (nSPS) is 14.4. The molecule has 0 aliphatic rings. The van der Waals surface area contributed by atoms with Crippen molar-refractivity contribution in [2.45, 2.75) is 43.9 Å². The van der Waals surface area contributed by atoms with Crippen LogP contribution in [0.3, 0.4) is 0 Å². The molecule has 0 heterocycles. The number of rotatable bonds is 12. The Balaban J connectivity index is 3.02. The molecule has 0 bridgehead atoms. The number of carbonyl (C=O) groups is 4. The Labute approximate surface area is 178 Å². The van der Waals surface area contributed by atoms with Gasteiger partial charge in [-0.15, -0.1) is 0 Å². The van der Waals surface area contributed by atoms with E-state index in [0.717, 1.165) is 0 Å². The fraction of sp³-hybridized carbons (Fsp3) is 0.421. The van der Waals surface area contributed by atoms with Gasteiger partial charge in [-0.05, 0) is 24.6 Å². The van der Waals surface area contributed by atoms with E-state index < -0.39 is 60.8 Å². The van der Waals surface area contributed by atoms with Gasteiger partial charge in [-0.25, -0.2) is 0 Å². The molecule has 4 amide bonds. The van der Waals surface area contributed by atoms with Gasteiger partial charge >= 0.3 is 0 Å². The third kappa shape index (κ3) is 8.80. The van der Waals surface area contributed by atoms with Crippen molar-refractivity contribution in [3.8, 4) is 5.75 Å². The lowest BCUT2D eigenvalue weighted by molar-refractivity contribution is -0.133. The van der Waals surface area contributed by atoms with Crippen LogP contribution in [0.4, 0.5) is 0 Å². The van der Waals surface area contributed by atoms with E-state index in [1.54, 1.807) is 0 Å². The number of benzene rings is 1. The average Bonchev–Trinajstić information content (AvgIpc) is 2.71. The molecule has 12 nitrogen and oxygen atoms in total. The van der Waals surface area contributed by atoms with E-state index >= 15 is 0 Å². The van der Waals surface area contributed by atoms with Crippen LogP contribution in [0.1, 0.15) is 18.9 Å². The Morgan fingerprint density at radius 3 is 2.03 bits per heavy atom. The molecule has 1 aromatic carbocycles. The highest BCUT2D eigenvalue weighted by atomic mass is 16.3. The Hall–Kier alpha value is -3.51. The summed E-state index contributed by atoms with van der Waals surface area (Å²) in [5.74, 6) is -3.24. The number of aliphatic hydroxyl groups excluding tert-OH is 1. The topological polar surface area (TPSA) is 214 Å².